The van der Waals surface area contributed by atoms with Crippen LogP contribution in [0.2, 0.25) is 15.1 Å². The Morgan fingerprint density at radius 2 is 1.85 bits per heavy atom. The SMILES string of the molecule is COCCc1ccc(Cl)c(CN(C(=O)C2=C(c3ccc(N4CC[C@@H](Oc5c(Cl)cc(C)cc5Cl)C4)nc3)C[C@@H]3CNC[C@@H]2N3)C2CC2)c1. The molecule has 4 heterocycles. The van der Waals surface area contributed by atoms with Crippen LogP contribution < -0.4 is 20.3 Å². The van der Waals surface area contributed by atoms with E-state index in [-0.39, 0.29) is 30.1 Å². The lowest BCUT2D eigenvalue weighted by molar-refractivity contribution is -0.128. The van der Waals surface area contributed by atoms with Gasteiger partial charge in [-0.1, -0.05) is 46.9 Å². The van der Waals surface area contributed by atoms with Gasteiger partial charge in [0, 0.05) is 68.6 Å². The Morgan fingerprint density at radius 3 is 2.58 bits per heavy atom. The smallest absolute Gasteiger partial charge is 0.252 e. The lowest BCUT2D eigenvalue weighted by Gasteiger charge is -2.41. The second kappa shape index (κ2) is 14.6. The number of hydrogen-bond acceptors (Lipinski definition) is 7. The second-order valence-electron chi connectivity index (χ2n) is 13.4. The van der Waals surface area contributed by atoms with Crippen LogP contribution in [0.5, 0.6) is 5.75 Å². The number of carbonyl (C=O) groups is 1. The van der Waals surface area contributed by atoms with Crippen LogP contribution in [0, 0.1) is 6.92 Å². The fourth-order valence-electron chi connectivity index (χ4n) is 7.20. The largest absolute Gasteiger partial charge is 0.485 e. The molecule has 1 amide bonds. The molecule has 1 aliphatic carbocycles. The van der Waals surface area contributed by atoms with Gasteiger partial charge in [-0.3, -0.25) is 4.79 Å². The summed E-state index contributed by atoms with van der Waals surface area (Å²) in [6, 6.07) is 14.4. The van der Waals surface area contributed by atoms with Crippen LogP contribution in [0.1, 0.15) is 47.9 Å². The normalized spacial score (nSPS) is 22.3. The van der Waals surface area contributed by atoms with Gasteiger partial charge in [-0.05, 0) is 90.8 Å². The molecule has 254 valence electrons. The van der Waals surface area contributed by atoms with Crippen molar-refractivity contribution < 1.29 is 14.3 Å². The number of nitrogens with one attached hydrogen (secondary N) is 2. The van der Waals surface area contributed by atoms with E-state index in [1.807, 2.05) is 42.3 Å². The number of halogens is 3. The number of pyridine rings is 1. The Hall–Kier alpha value is -2.85. The van der Waals surface area contributed by atoms with Crippen molar-refractivity contribution in [3.63, 3.8) is 0 Å². The van der Waals surface area contributed by atoms with Crippen LogP contribution in [0.15, 0.2) is 54.2 Å². The van der Waals surface area contributed by atoms with Gasteiger partial charge in [0.1, 0.15) is 11.9 Å². The van der Waals surface area contributed by atoms with Crippen molar-refractivity contribution in [2.75, 3.05) is 44.8 Å². The number of aromatic nitrogens is 1. The number of ether oxygens (including phenoxy) is 2. The van der Waals surface area contributed by atoms with E-state index in [2.05, 4.69) is 33.7 Å². The molecule has 3 aromatic rings. The quantitative estimate of drug-likeness (QED) is 0.236. The molecule has 2 N–H and O–H groups in total. The van der Waals surface area contributed by atoms with Gasteiger partial charge >= 0.3 is 0 Å². The maximum atomic E-state index is 14.6. The molecular weight excluding hydrogens is 669 g/mol. The number of piperazine rings is 1. The minimum atomic E-state index is -0.0682. The van der Waals surface area contributed by atoms with Crippen molar-refractivity contribution in [3.05, 3.63) is 91.6 Å². The summed E-state index contributed by atoms with van der Waals surface area (Å²) >= 11 is 19.6. The van der Waals surface area contributed by atoms with Gasteiger partial charge in [0.15, 0.2) is 5.75 Å². The van der Waals surface area contributed by atoms with Gasteiger partial charge in [0.25, 0.3) is 5.91 Å². The van der Waals surface area contributed by atoms with Crippen molar-refractivity contribution in [2.45, 2.75) is 69.8 Å². The third-order valence-electron chi connectivity index (χ3n) is 9.82. The first-order valence-corrected chi connectivity index (χ1v) is 18.0. The van der Waals surface area contributed by atoms with E-state index in [1.165, 1.54) is 0 Å². The molecule has 2 saturated heterocycles. The topological polar surface area (TPSA) is 79.0 Å². The van der Waals surface area contributed by atoms with Crippen molar-refractivity contribution in [1.82, 2.24) is 20.5 Å². The van der Waals surface area contributed by atoms with Crippen LogP contribution in [0.25, 0.3) is 5.57 Å². The van der Waals surface area contributed by atoms with Gasteiger partial charge in [0.05, 0.1) is 29.2 Å². The fraction of sp³-hybridized carbons (Fsp3) is 0.459. The van der Waals surface area contributed by atoms with Crippen molar-refractivity contribution in [1.29, 1.82) is 0 Å². The van der Waals surface area contributed by atoms with Crippen LogP contribution in [0.3, 0.4) is 0 Å². The van der Waals surface area contributed by atoms with Crippen LogP contribution >= 0.6 is 34.8 Å². The van der Waals surface area contributed by atoms with Gasteiger partial charge in [-0.2, -0.15) is 0 Å². The highest BCUT2D eigenvalue weighted by Gasteiger charge is 2.41. The molecule has 8 nitrogen and oxygen atoms in total. The van der Waals surface area contributed by atoms with E-state index in [4.69, 9.17) is 49.3 Å². The molecule has 7 rings (SSSR count). The molecule has 11 heteroatoms. The van der Waals surface area contributed by atoms with Gasteiger partial charge in [-0.25, -0.2) is 4.98 Å². The maximum absolute atomic E-state index is 14.6. The molecule has 48 heavy (non-hydrogen) atoms. The number of anilines is 1. The van der Waals surface area contributed by atoms with Gasteiger partial charge in [-0.15, -0.1) is 0 Å². The Morgan fingerprint density at radius 1 is 1.04 bits per heavy atom. The third-order valence-corrected chi connectivity index (χ3v) is 10.7. The van der Waals surface area contributed by atoms with Crippen LogP contribution in [-0.2, 0) is 22.5 Å². The number of nitrogens with zero attached hydrogens (tertiary/aromatic N) is 3. The highest BCUT2D eigenvalue weighted by atomic mass is 35.5. The standard InChI is InChI=1S/C37H42Cl3N5O3/c1-22-13-31(39)36(32(40)14-22)48-28-9-11-44(21-28)34-8-4-24(17-42-34)29-16-26-18-41-19-33(43-26)35(29)37(46)45(27-5-6-27)20-25-15-23(10-12-47-2)3-7-30(25)38/h3-4,7-8,13-15,17,26-28,33,41,43H,5-6,9-12,16,18-21H2,1-2H3/t26-,28-,33+/m1/s1. The van der Waals surface area contributed by atoms with Crippen LogP contribution in [0.4, 0.5) is 5.82 Å². The van der Waals surface area contributed by atoms with E-state index in [9.17, 15) is 4.79 Å². The summed E-state index contributed by atoms with van der Waals surface area (Å²) in [5.41, 5.74) is 6.06. The van der Waals surface area contributed by atoms with Gasteiger partial charge in [0.2, 0.25) is 0 Å². The first-order valence-electron chi connectivity index (χ1n) is 16.9. The summed E-state index contributed by atoms with van der Waals surface area (Å²) < 4.78 is 11.5. The second-order valence-corrected chi connectivity index (χ2v) is 14.7. The number of hydrogen-bond donors (Lipinski definition) is 2. The Kier molecular flexibility index (Phi) is 10.2. The zero-order valence-corrected chi connectivity index (χ0v) is 29.7. The summed E-state index contributed by atoms with van der Waals surface area (Å²) in [7, 11) is 1.71. The Bertz CT molecular complexity index is 1670. The number of methoxy groups -OCH3 is 1. The average molecular weight is 711 g/mol. The fourth-order valence-corrected chi connectivity index (χ4v) is 8.07. The molecule has 1 saturated carbocycles. The number of aryl methyl sites for hydroxylation is 1. The summed E-state index contributed by atoms with van der Waals surface area (Å²) in [6.45, 7) is 6.16. The van der Waals surface area contributed by atoms with Crippen LogP contribution in [-0.4, -0.2) is 79.9 Å². The van der Waals surface area contributed by atoms with Crippen molar-refractivity contribution >= 4 is 52.1 Å². The molecule has 3 aliphatic heterocycles. The summed E-state index contributed by atoms with van der Waals surface area (Å²) in [5, 5.41) is 9.01. The molecule has 3 fully saturated rings. The molecule has 2 aromatic carbocycles. The Balaban J connectivity index is 1.12. The van der Waals surface area contributed by atoms with E-state index >= 15 is 0 Å². The number of fused-ring (bicyclic) bond motifs is 2. The monoisotopic (exact) mass is 709 g/mol. The predicted molar refractivity (Wildman–Crippen MR) is 192 cm³/mol. The average Bonchev–Trinajstić information content (AvgIpc) is 3.81. The lowest BCUT2D eigenvalue weighted by Crippen LogP contribution is -2.60. The molecule has 1 aromatic heterocycles. The summed E-state index contributed by atoms with van der Waals surface area (Å²) in [5.74, 6) is 1.51. The third kappa shape index (κ3) is 7.35. The minimum absolute atomic E-state index is 0.0463. The van der Waals surface area contributed by atoms with E-state index in [0.29, 0.717) is 47.1 Å². The molecular formula is C37H42Cl3N5O3. The highest BCUT2D eigenvalue weighted by Crippen LogP contribution is 2.38. The van der Waals surface area contributed by atoms with E-state index < -0.39 is 0 Å². The van der Waals surface area contributed by atoms with Crippen molar-refractivity contribution in [2.24, 2.45) is 0 Å². The van der Waals surface area contributed by atoms with E-state index in [0.717, 1.165) is 84.4 Å². The lowest BCUT2D eigenvalue weighted by atomic mass is 9.84. The van der Waals surface area contributed by atoms with Gasteiger partial charge < -0.3 is 29.9 Å². The molecule has 0 spiro atoms. The van der Waals surface area contributed by atoms with E-state index in [1.54, 1.807) is 7.11 Å². The first-order chi connectivity index (χ1) is 23.3. The summed E-state index contributed by atoms with van der Waals surface area (Å²) in [4.78, 5) is 23.8. The number of benzene rings is 2. The predicted octanol–water partition coefficient (Wildman–Crippen LogP) is 6.48. The Labute approximate surface area is 297 Å². The highest BCUT2D eigenvalue weighted by molar-refractivity contribution is 6.37. The molecule has 0 unspecified atom stereocenters. The molecule has 0 radical (unpaired) electrons. The number of carbonyl (C=O) groups excluding carboxylic acids is 1. The van der Waals surface area contributed by atoms with Crippen molar-refractivity contribution in [3.8, 4) is 5.75 Å². The number of rotatable bonds is 11. The zero-order chi connectivity index (χ0) is 33.4. The minimum Gasteiger partial charge on any atom is -0.485 e. The number of amides is 1. The first kappa shape index (κ1) is 33.6. The molecule has 2 bridgehead atoms. The zero-order valence-electron chi connectivity index (χ0n) is 27.4. The maximum Gasteiger partial charge on any atom is 0.252 e. The molecule has 4 aliphatic rings. The molecule has 3 atom stereocenters. The summed E-state index contributed by atoms with van der Waals surface area (Å²) in [6.07, 6.45) is 6.30.